The Hall–Kier alpha value is -2.80. The Balaban J connectivity index is 2.03. The SMILES string of the molecule is CCOC(=O)c1c(CC)nc2c(N(C)Cc3ccc(OC)cc3)cc(Cl)nn12. The summed E-state index contributed by atoms with van der Waals surface area (Å²) in [7, 11) is 3.59. The number of halogens is 1. The topological polar surface area (TPSA) is 69.0 Å². The van der Waals surface area contributed by atoms with E-state index in [1.807, 2.05) is 43.1 Å². The molecule has 3 aromatic rings. The number of benzene rings is 1. The molecule has 0 saturated carbocycles. The molecule has 0 unspecified atom stereocenters. The predicted molar refractivity (Wildman–Crippen MR) is 108 cm³/mol. The summed E-state index contributed by atoms with van der Waals surface area (Å²) in [6.45, 7) is 4.61. The van der Waals surface area contributed by atoms with Crippen molar-refractivity contribution in [3.63, 3.8) is 0 Å². The van der Waals surface area contributed by atoms with Gasteiger partial charge in [0, 0.05) is 19.7 Å². The Morgan fingerprint density at radius 3 is 2.57 bits per heavy atom. The fraction of sp³-hybridized carbons (Fsp3) is 0.350. The summed E-state index contributed by atoms with van der Waals surface area (Å²) in [4.78, 5) is 19.1. The molecule has 148 valence electrons. The van der Waals surface area contributed by atoms with Crippen LogP contribution in [-0.4, -0.2) is 41.3 Å². The molecule has 0 radical (unpaired) electrons. The lowest BCUT2D eigenvalue weighted by molar-refractivity contribution is 0.0515. The maximum atomic E-state index is 12.5. The van der Waals surface area contributed by atoms with Gasteiger partial charge in [0.1, 0.15) is 5.75 Å². The highest BCUT2D eigenvalue weighted by molar-refractivity contribution is 6.29. The molecule has 7 nitrogen and oxygen atoms in total. The number of aromatic nitrogens is 3. The number of esters is 1. The molecule has 0 saturated heterocycles. The summed E-state index contributed by atoms with van der Waals surface area (Å²) in [5.41, 5.74) is 3.40. The molecule has 0 aliphatic rings. The average Bonchev–Trinajstić information content (AvgIpc) is 3.06. The summed E-state index contributed by atoms with van der Waals surface area (Å²) < 4.78 is 11.9. The van der Waals surface area contributed by atoms with E-state index in [-0.39, 0.29) is 11.8 Å². The number of carbonyl (C=O) groups is 1. The van der Waals surface area contributed by atoms with E-state index in [0.29, 0.717) is 30.0 Å². The minimum absolute atomic E-state index is 0.273. The quantitative estimate of drug-likeness (QED) is 0.560. The summed E-state index contributed by atoms with van der Waals surface area (Å²) in [6, 6.07) is 9.59. The van der Waals surface area contributed by atoms with Gasteiger partial charge in [0.05, 0.1) is 25.1 Å². The first-order valence-electron chi connectivity index (χ1n) is 9.07. The Morgan fingerprint density at radius 1 is 1.25 bits per heavy atom. The molecule has 3 rings (SSSR count). The molecule has 0 N–H and O–H groups in total. The number of anilines is 1. The van der Waals surface area contributed by atoms with E-state index in [0.717, 1.165) is 17.0 Å². The lowest BCUT2D eigenvalue weighted by Crippen LogP contribution is -2.18. The van der Waals surface area contributed by atoms with E-state index in [2.05, 4.69) is 10.1 Å². The van der Waals surface area contributed by atoms with Crippen molar-refractivity contribution in [3.05, 3.63) is 52.4 Å². The third-order valence-electron chi connectivity index (χ3n) is 4.40. The second-order valence-corrected chi connectivity index (χ2v) is 6.66. The molecule has 0 amide bonds. The smallest absolute Gasteiger partial charge is 0.358 e. The normalized spacial score (nSPS) is 10.9. The van der Waals surface area contributed by atoms with Crippen LogP contribution in [-0.2, 0) is 17.7 Å². The summed E-state index contributed by atoms with van der Waals surface area (Å²) >= 11 is 6.26. The van der Waals surface area contributed by atoms with Gasteiger partial charge >= 0.3 is 5.97 Å². The van der Waals surface area contributed by atoms with Gasteiger partial charge in [-0.1, -0.05) is 30.7 Å². The number of hydrogen-bond donors (Lipinski definition) is 0. The van der Waals surface area contributed by atoms with Gasteiger partial charge in [0.2, 0.25) is 0 Å². The standard InChI is InChI=1S/C20H23ClN4O3/c1-5-15-18(20(26)28-6-2)25-19(22-15)16(11-17(21)23-25)24(3)12-13-7-9-14(27-4)10-8-13/h7-11H,5-6,12H2,1-4H3. The van der Waals surface area contributed by atoms with Crippen molar-refractivity contribution in [1.82, 2.24) is 14.6 Å². The molecule has 0 bridgehead atoms. The lowest BCUT2D eigenvalue weighted by Gasteiger charge is -2.20. The summed E-state index contributed by atoms with van der Waals surface area (Å²) in [5.74, 6) is 0.353. The second-order valence-electron chi connectivity index (χ2n) is 6.27. The van der Waals surface area contributed by atoms with Crippen LogP contribution in [0.15, 0.2) is 30.3 Å². The number of rotatable bonds is 7. The average molecular weight is 403 g/mol. The van der Waals surface area contributed by atoms with E-state index in [9.17, 15) is 4.79 Å². The second kappa shape index (κ2) is 8.48. The van der Waals surface area contributed by atoms with Crippen molar-refractivity contribution in [2.45, 2.75) is 26.8 Å². The lowest BCUT2D eigenvalue weighted by atomic mass is 10.2. The number of carbonyl (C=O) groups excluding carboxylic acids is 1. The number of aryl methyl sites for hydroxylation is 1. The van der Waals surface area contributed by atoms with Gasteiger partial charge in [0.15, 0.2) is 16.5 Å². The third-order valence-corrected chi connectivity index (χ3v) is 4.59. The van der Waals surface area contributed by atoms with E-state index in [1.165, 1.54) is 4.52 Å². The van der Waals surface area contributed by atoms with Crippen molar-refractivity contribution in [3.8, 4) is 5.75 Å². The van der Waals surface area contributed by atoms with Gasteiger partial charge in [-0.3, -0.25) is 0 Å². The number of hydrogen-bond acceptors (Lipinski definition) is 6. The zero-order valence-electron chi connectivity index (χ0n) is 16.4. The molecular weight excluding hydrogens is 380 g/mol. The van der Waals surface area contributed by atoms with Crippen LogP contribution in [0, 0.1) is 0 Å². The van der Waals surface area contributed by atoms with Crippen LogP contribution in [0.5, 0.6) is 5.75 Å². The summed E-state index contributed by atoms with van der Waals surface area (Å²) in [6.07, 6.45) is 0.580. The fourth-order valence-corrected chi connectivity index (χ4v) is 3.22. The van der Waals surface area contributed by atoms with Crippen LogP contribution in [0.1, 0.15) is 35.6 Å². The van der Waals surface area contributed by atoms with Crippen molar-refractivity contribution < 1.29 is 14.3 Å². The molecular formula is C20H23ClN4O3. The first kappa shape index (κ1) is 19.9. The monoisotopic (exact) mass is 402 g/mol. The number of imidazole rings is 1. The molecule has 0 spiro atoms. The van der Waals surface area contributed by atoms with Gasteiger partial charge in [-0.15, -0.1) is 0 Å². The Morgan fingerprint density at radius 2 is 1.96 bits per heavy atom. The molecule has 0 fully saturated rings. The number of fused-ring (bicyclic) bond motifs is 1. The Labute approximate surface area is 168 Å². The number of ether oxygens (including phenoxy) is 2. The van der Waals surface area contributed by atoms with E-state index < -0.39 is 5.97 Å². The molecule has 0 aliphatic heterocycles. The van der Waals surface area contributed by atoms with E-state index in [4.69, 9.17) is 21.1 Å². The van der Waals surface area contributed by atoms with Gasteiger partial charge in [-0.05, 0) is 31.0 Å². The van der Waals surface area contributed by atoms with Crippen molar-refractivity contribution >= 4 is 28.9 Å². The van der Waals surface area contributed by atoms with Gasteiger partial charge in [0.25, 0.3) is 0 Å². The highest BCUT2D eigenvalue weighted by Gasteiger charge is 2.23. The Kier molecular flexibility index (Phi) is 6.04. The fourth-order valence-electron chi connectivity index (χ4n) is 3.04. The van der Waals surface area contributed by atoms with Gasteiger partial charge < -0.3 is 14.4 Å². The minimum atomic E-state index is -0.453. The predicted octanol–water partition coefficient (Wildman–Crippen LogP) is 3.77. The molecule has 28 heavy (non-hydrogen) atoms. The van der Waals surface area contributed by atoms with Crippen LogP contribution in [0.4, 0.5) is 5.69 Å². The molecule has 8 heteroatoms. The van der Waals surface area contributed by atoms with Gasteiger partial charge in [-0.25, -0.2) is 14.3 Å². The summed E-state index contributed by atoms with van der Waals surface area (Å²) in [5, 5.41) is 4.57. The maximum Gasteiger partial charge on any atom is 0.358 e. The maximum absolute atomic E-state index is 12.5. The van der Waals surface area contributed by atoms with Crippen LogP contribution < -0.4 is 9.64 Å². The minimum Gasteiger partial charge on any atom is -0.497 e. The first-order chi connectivity index (χ1) is 13.5. The molecule has 0 atom stereocenters. The van der Waals surface area contributed by atoms with Crippen molar-refractivity contribution in [2.24, 2.45) is 0 Å². The number of methoxy groups -OCH3 is 1. The van der Waals surface area contributed by atoms with Crippen molar-refractivity contribution in [1.29, 1.82) is 0 Å². The van der Waals surface area contributed by atoms with Crippen molar-refractivity contribution in [2.75, 3.05) is 25.7 Å². The molecule has 2 aromatic heterocycles. The van der Waals surface area contributed by atoms with Crippen LogP contribution in [0.2, 0.25) is 5.15 Å². The third kappa shape index (κ3) is 3.89. The Bertz CT molecular complexity index is 985. The highest BCUT2D eigenvalue weighted by atomic mass is 35.5. The molecule has 0 aliphatic carbocycles. The molecule has 2 heterocycles. The highest BCUT2D eigenvalue weighted by Crippen LogP contribution is 2.27. The number of nitrogens with zero attached hydrogens (tertiary/aromatic N) is 4. The van der Waals surface area contributed by atoms with Crippen LogP contribution in [0.25, 0.3) is 5.65 Å². The largest absolute Gasteiger partial charge is 0.497 e. The van der Waals surface area contributed by atoms with E-state index >= 15 is 0 Å². The van der Waals surface area contributed by atoms with Gasteiger partial charge in [-0.2, -0.15) is 5.10 Å². The zero-order chi connectivity index (χ0) is 20.3. The zero-order valence-corrected chi connectivity index (χ0v) is 17.2. The van der Waals surface area contributed by atoms with Crippen LogP contribution >= 0.6 is 11.6 Å². The van der Waals surface area contributed by atoms with E-state index in [1.54, 1.807) is 20.1 Å². The van der Waals surface area contributed by atoms with Crippen LogP contribution in [0.3, 0.4) is 0 Å². The molecule has 1 aromatic carbocycles. The first-order valence-corrected chi connectivity index (χ1v) is 9.45.